The summed E-state index contributed by atoms with van der Waals surface area (Å²) in [6.45, 7) is 2.36. The van der Waals surface area contributed by atoms with Crippen molar-refractivity contribution in [3.63, 3.8) is 0 Å². The van der Waals surface area contributed by atoms with Crippen molar-refractivity contribution in [1.82, 2.24) is 4.90 Å². The molecule has 0 bridgehead atoms. The molecular weight excluding hydrogens is 312 g/mol. The molecule has 2 unspecified atom stereocenters. The van der Waals surface area contributed by atoms with Crippen LogP contribution in [0.25, 0.3) is 0 Å². The number of aliphatic carboxylic acids is 1. The largest absolute Gasteiger partial charge is 0.480 e. The Morgan fingerprint density at radius 3 is 2.50 bits per heavy atom. The van der Waals surface area contributed by atoms with E-state index in [2.05, 4.69) is 0 Å². The van der Waals surface area contributed by atoms with Gasteiger partial charge in [-0.3, -0.25) is 4.79 Å². The molecule has 1 heterocycles. The molecule has 1 aliphatic rings. The highest BCUT2D eigenvalue weighted by Crippen LogP contribution is 2.27. The standard InChI is InChI=1S/C15H17F2NO3S/c1-9-6-7-18(12(8-9)14(20)21)13(19)10-2-4-11(5-3-10)22-15(16)17/h2-5,9,12,15H,6-8H2,1H3,(H,20,21). The van der Waals surface area contributed by atoms with Crippen molar-refractivity contribution in [3.05, 3.63) is 29.8 Å². The van der Waals surface area contributed by atoms with Crippen molar-refractivity contribution in [2.45, 2.75) is 36.5 Å². The molecule has 2 rings (SSSR count). The zero-order chi connectivity index (χ0) is 16.3. The lowest BCUT2D eigenvalue weighted by Crippen LogP contribution is -2.49. The highest BCUT2D eigenvalue weighted by atomic mass is 32.2. The Morgan fingerprint density at radius 1 is 1.32 bits per heavy atom. The number of carboxylic acid groups (broad SMARTS) is 1. The molecular formula is C15H17F2NO3S. The average Bonchev–Trinajstić information content (AvgIpc) is 2.46. The Balaban J connectivity index is 2.14. The van der Waals surface area contributed by atoms with Gasteiger partial charge in [-0.25, -0.2) is 4.79 Å². The zero-order valence-corrected chi connectivity index (χ0v) is 12.9. The fraction of sp³-hybridized carbons (Fsp3) is 0.467. The first-order valence-electron chi connectivity index (χ1n) is 6.97. The van der Waals surface area contributed by atoms with E-state index in [9.17, 15) is 23.5 Å². The lowest BCUT2D eigenvalue weighted by Gasteiger charge is -2.36. The van der Waals surface area contributed by atoms with Gasteiger partial charge < -0.3 is 10.0 Å². The van der Waals surface area contributed by atoms with Crippen LogP contribution in [0.15, 0.2) is 29.2 Å². The van der Waals surface area contributed by atoms with Gasteiger partial charge in [-0.05, 0) is 43.0 Å². The van der Waals surface area contributed by atoms with E-state index >= 15 is 0 Å². The van der Waals surface area contributed by atoms with Crippen LogP contribution in [0.4, 0.5) is 8.78 Å². The van der Waals surface area contributed by atoms with Crippen molar-refractivity contribution < 1.29 is 23.5 Å². The predicted molar refractivity (Wildman–Crippen MR) is 79.2 cm³/mol. The molecule has 22 heavy (non-hydrogen) atoms. The van der Waals surface area contributed by atoms with E-state index in [1.165, 1.54) is 29.2 Å². The third kappa shape index (κ3) is 3.97. The van der Waals surface area contributed by atoms with Gasteiger partial charge in [-0.2, -0.15) is 8.78 Å². The number of alkyl halides is 2. The minimum atomic E-state index is -2.51. The number of piperidine rings is 1. The molecule has 1 N–H and O–H groups in total. The lowest BCUT2D eigenvalue weighted by molar-refractivity contribution is -0.144. The maximum atomic E-state index is 12.5. The maximum Gasteiger partial charge on any atom is 0.326 e. The Kier molecular flexibility index (Phi) is 5.39. The van der Waals surface area contributed by atoms with Crippen LogP contribution in [0.3, 0.4) is 0 Å². The van der Waals surface area contributed by atoms with Crippen LogP contribution in [-0.2, 0) is 4.79 Å². The van der Waals surface area contributed by atoms with Crippen molar-refractivity contribution in [1.29, 1.82) is 0 Å². The van der Waals surface area contributed by atoms with Crippen LogP contribution in [0.5, 0.6) is 0 Å². The monoisotopic (exact) mass is 329 g/mol. The number of hydrogen-bond donors (Lipinski definition) is 1. The SMILES string of the molecule is CC1CCN(C(=O)c2ccc(SC(F)F)cc2)C(C(=O)O)C1. The topological polar surface area (TPSA) is 57.6 Å². The Hall–Kier alpha value is -1.63. The number of thioether (sulfide) groups is 1. The molecule has 1 fully saturated rings. The molecule has 0 spiro atoms. The summed E-state index contributed by atoms with van der Waals surface area (Å²) in [5, 5.41) is 9.28. The van der Waals surface area contributed by atoms with Gasteiger partial charge in [0, 0.05) is 17.0 Å². The molecule has 0 aromatic heterocycles. The molecule has 0 radical (unpaired) electrons. The highest BCUT2D eigenvalue weighted by Gasteiger charge is 2.35. The minimum Gasteiger partial charge on any atom is -0.480 e. The number of carboxylic acids is 1. The van der Waals surface area contributed by atoms with E-state index in [0.29, 0.717) is 35.2 Å². The van der Waals surface area contributed by atoms with E-state index in [1.54, 1.807) is 0 Å². The fourth-order valence-corrected chi connectivity index (χ4v) is 3.06. The summed E-state index contributed by atoms with van der Waals surface area (Å²) in [7, 11) is 0. The minimum absolute atomic E-state index is 0.259. The van der Waals surface area contributed by atoms with Gasteiger partial charge in [-0.1, -0.05) is 18.7 Å². The molecule has 0 aliphatic carbocycles. The number of likely N-dealkylation sites (tertiary alicyclic amines) is 1. The van der Waals surface area contributed by atoms with Gasteiger partial charge in [0.15, 0.2) is 0 Å². The van der Waals surface area contributed by atoms with Crippen molar-refractivity contribution in [2.75, 3.05) is 6.54 Å². The average molecular weight is 329 g/mol. The normalized spacial score (nSPS) is 21.9. The molecule has 1 amide bonds. The van der Waals surface area contributed by atoms with Gasteiger partial charge in [0.1, 0.15) is 6.04 Å². The summed E-state index contributed by atoms with van der Waals surface area (Å²) >= 11 is 0.408. The van der Waals surface area contributed by atoms with Crippen LogP contribution < -0.4 is 0 Å². The summed E-state index contributed by atoms with van der Waals surface area (Å²) in [4.78, 5) is 25.5. The van der Waals surface area contributed by atoms with Gasteiger partial charge in [0.2, 0.25) is 0 Å². The number of carbonyl (C=O) groups excluding carboxylic acids is 1. The number of benzene rings is 1. The number of carbonyl (C=O) groups is 2. The van der Waals surface area contributed by atoms with Crippen molar-refractivity contribution in [2.24, 2.45) is 5.92 Å². The number of hydrogen-bond acceptors (Lipinski definition) is 3. The van der Waals surface area contributed by atoms with Crippen molar-refractivity contribution in [3.8, 4) is 0 Å². The summed E-state index contributed by atoms with van der Waals surface area (Å²) in [5.74, 6) is -3.63. The summed E-state index contributed by atoms with van der Waals surface area (Å²) in [5.41, 5.74) is 0.319. The zero-order valence-electron chi connectivity index (χ0n) is 12.0. The van der Waals surface area contributed by atoms with Crippen LogP contribution in [0.1, 0.15) is 30.1 Å². The summed E-state index contributed by atoms with van der Waals surface area (Å²) in [6.07, 6.45) is 1.19. The first kappa shape index (κ1) is 16.7. The second kappa shape index (κ2) is 7.09. The number of halogens is 2. The van der Waals surface area contributed by atoms with Crippen LogP contribution >= 0.6 is 11.8 Å². The molecule has 1 aliphatic heterocycles. The Labute approximate surface area is 131 Å². The van der Waals surface area contributed by atoms with E-state index in [4.69, 9.17) is 0 Å². The lowest BCUT2D eigenvalue weighted by atomic mass is 9.92. The number of rotatable bonds is 4. The smallest absolute Gasteiger partial charge is 0.326 e. The molecule has 1 saturated heterocycles. The Bertz CT molecular complexity index is 550. The summed E-state index contributed by atoms with van der Waals surface area (Å²) < 4.78 is 24.5. The second-order valence-corrected chi connectivity index (χ2v) is 6.45. The first-order valence-corrected chi connectivity index (χ1v) is 7.85. The molecule has 1 aromatic rings. The Morgan fingerprint density at radius 2 is 1.95 bits per heavy atom. The van der Waals surface area contributed by atoms with Crippen LogP contribution in [-0.4, -0.2) is 40.2 Å². The number of amides is 1. The molecule has 1 aromatic carbocycles. The predicted octanol–water partition coefficient (Wildman–Crippen LogP) is 3.33. The number of nitrogens with zero attached hydrogens (tertiary/aromatic N) is 1. The van der Waals surface area contributed by atoms with Crippen LogP contribution in [0, 0.1) is 5.92 Å². The second-order valence-electron chi connectivity index (χ2n) is 5.39. The third-order valence-corrected chi connectivity index (χ3v) is 4.46. The molecule has 120 valence electrons. The molecule has 2 atom stereocenters. The van der Waals surface area contributed by atoms with Gasteiger partial charge in [-0.15, -0.1) is 0 Å². The molecule has 7 heteroatoms. The van der Waals surface area contributed by atoms with Gasteiger partial charge in [0.05, 0.1) is 0 Å². The quantitative estimate of drug-likeness (QED) is 0.861. The van der Waals surface area contributed by atoms with E-state index in [-0.39, 0.29) is 11.8 Å². The fourth-order valence-electron chi connectivity index (χ4n) is 2.56. The molecule has 0 saturated carbocycles. The van der Waals surface area contributed by atoms with Crippen molar-refractivity contribution >= 4 is 23.6 Å². The van der Waals surface area contributed by atoms with Gasteiger partial charge >= 0.3 is 5.97 Å². The van der Waals surface area contributed by atoms with Gasteiger partial charge in [0.25, 0.3) is 11.7 Å². The first-order chi connectivity index (χ1) is 10.4. The van der Waals surface area contributed by atoms with Crippen LogP contribution in [0.2, 0.25) is 0 Å². The van der Waals surface area contributed by atoms with E-state index < -0.39 is 17.8 Å². The van der Waals surface area contributed by atoms with E-state index in [0.717, 1.165) is 6.42 Å². The maximum absolute atomic E-state index is 12.5. The highest BCUT2D eigenvalue weighted by molar-refractivity contribution is 7.99. The van der Waals surface area contributed by atoms with E-state index in [1.807, 2.05) is 6.92 Å². The third-order valence-electron chi connectivity index (χ3n) is 3.74. The summed E-state index contributed by atoms with van der Waals surface area (Å²) in [6, 6.07) is 5.00. The molecule has 4 nitrogen and oxygen atoms in total.